The van der Waals surface area contributed by atoms with Crippen LogP contribution in [0.1, 0.15) is 47.1 Å². The minimum atomic E-state index is -0.529. The summed E-state index contributed by atoms with van der Waals surface area (Å²) in [5, 5.41) is 9.35. The lowest BCUT2D eigenvalue weighted by Gasteiger charge is -2.29. The third kappa shape index (κ3) is 10.6. The van der Waals surface area contributed by atoms with Crippen molar-refractivity contribution in [2.45, 2.75) is 59.2 Å². The number of hydrogen-bond acceptors (Lipinski definition) is 4. The number of para-hydroxylation sites is 1. The number of aliphatic imine (C=N–C) groups is 1. The Labute approximate surface area is 186 Å². The molecule has 8 heteroatoms. The van der Waals surface area contributed by atoms with Crippen LogP contribution in [0.25, 0.3) is 0 Å². The Morgan fingerprint density at radius 2 is 1.75 bits per heavy atom. The molecule has 0 spiro atoms. The fourth-order valence-corrected chi connectivity index (χ4v) is 2.27. The Hall–Kier alpha value is -1.71. The van der Waals surface area contributed by atoms with E-state index in [1.54, 1.807) is 7.11 Å². The lowest BCUT2D eigenvalue weighted by Crippen LogP contribution is -2.54. The van der Waals surface area contributed by atoms with Gasteiger partial charge in [-0.25, -0.2) is 9.79 Å². The van der Waals surface area contributed by atoms with Crippen LogP contribution in [0.2, 0.25) is 0 Å². The first-order chi connectivity index (χ1) is 12.6. The molecular weight excluding hydrogens is 471 g/mol. The van der Waals surface area contributed by atoms with Crippen molar-refractivity contribution >= 4 is 36.0 Å². The summed E-state index contributed by atoms with van der Waals surface area (Å²) >= 11 is 0. The highest BCUT2D eigenvalue weighted by Gasteiger charge is 2.24. The van der Waals surface area contributed by atoms with Gasteiger partial charge in [0.05, 0.1) is 19.2 Å². The summed E-state index contributed by atoms with van der Waals surface area (Å²) in [4.78, 5) is 16.6. The maximum Gasteiger partial charge on any atom is 0.408 e. The van der Waals surface area contributed by atoms with Gasteiger partial charge in [-0.2, -0.15) is 0 Å². The summed E-state index contributed by atoms with van der Waals surface area (Å²) in [6.07, 6.45) is -0.440. The van der Waals surface area contributed by atoms with E-state index >= 15 is 0 Å². The van der Waals surface area contributed by atoms with Crippen LogP contribution in [0.4, 0.5) is 4.79 Å². The Morgan fingerprint density at radius 3 is 2.32 bits per heavy atom. The second-order valence-electron chi connectivity index (χ2n) is 7.87. The van der Waals surface area contributed by atoms with E-state index in [1.807, 2.05) is 65.8 Å². The Morgan fingerprint density at radius 1 is 1.11 bits per heavy atom. The van der Waals surface area contributed by atoms with E-state index in [0.29, 0.717) is 19.0 Å². The van der Waals surface area contributed by atoms with Crippen molar-refractivity contribution in [1.29, 1.82) is 0 Å². The molecule has 0 heterocycles. The molecule has 0 saturated heterocycles. The molecular formula is C20H35IN4O3. The van der Waals surface area contributed by atoms with Crippen LogP contribution >= 0.6 is 24.0 Å². The molecule has 0 atom stereocenters. The first kappa shape index (κ1) is 26.3. The summed E-state index contributed by atoms with van der Waals surface area (Å²) in [5.41, 5.74) is -0.0369. The second-order valence-corrected chi connectivity index (χ2v) is 7.87. The van der Waals surface area contributed by atoms with Gasteiger partial charge in [0.1, 0.15) is 11.4 Å². The molecule has 7 nitrogen and oxygen atoms in total. The van der Waals surface area contributed by atoms with Crippen molar-refractivity contribution in [2.75, 3.05) is 20.2 Å². The van der Waals surface area contributed by atoms with Crippen LogP contribution in [0, 0.1) is 0 Å². The van der Waals surface area contributed by atoms with Crippen molar-refractivity contribution in [3.8, 4) is 5.75 Å². The number of alkyl carbamates (subject to hydrolysis) is 1. The third-order valence-corrected chi connectivity index (χ3v) is 3.48. The number of amides is 1. The lowest BCUT2D eigenvalue weighted by atomic mass is 10.1. The molecule has 28 heavy (non-hydrogen) atoms. The standard InChI is InChI=1S/C20H34N4O3.HI/c1-8-21-17(22-13-15-11-9-10-12-16(15)26-7)23-14-20(5,6)24-18(25)27-19(2,3)4;/h9-12H,8,13-14H2,1-7H3,(H,24,25)(H2,21,22,23);1H. The predicted octanol–water partition coefficient (Wildman–Crippen LogP) is 3.67. The maximum absolute atomic E-state index is 12.0. The molecule has 1 rings (SSSR count). The topological polar surface area (TPSA) is 84.0 Å². The molecule has 0 bridgehead atoms. The van der Waals surface area contributed by atoms with E-state index in [1.165, 1.54) is 0 Å². The highest BCUT2D eigenvalue weighted by molar-refractivity contribution is 14.0. The Bertz CT molecular complexity index is 643. The molecule has 3 N–H and O–H groups in total. The van der Waals surface area contributed by atoms with Gasteiger partial charge in [0, 0.05) is 18.7 Å². The molecule has 0 saturated carbocycles. The van der Waals surface area contributed by atoms with Gasteiger partial charge in [-0.1, -0.05) is 18.2 Å². The SMILES string of the molecule is CCNC(=NCc1ccccc1OC)NCC(C)(C)NC(=O)OC(C)(C)C.I. The average molecular weight is 506 g/mol. The van der Waals surface area contributed by atoms with E-state index in [0.717, 1.165) is 17.9 Å². The zero-order valence-electron chi connectivity index (χ0n) is 18.0. The maximum atomic E-state index is 12.0. The minimum Gasteiger partial charge on any atom is -0.496 e. The van der Waals surface area contributed by atoms with E-state index in [2.05, 4.69) is 20.9 Å². The number of carbonyl (C=O) groups excluding carboxylic acids is 1. The number of guanidine groups is 1. The van der Waals surface area contributed by atoms with Crippen LogP contribution < -0.4 is 20.7 Å². The number of ether oxygens (including phenoxy) is 2. The summed E-state index contributed by atoms with van der Waals surface area (Å²) in [6, 6.07) is 7.79. The fourth-order valence-electron chi connectivity index (χ4n) is 2.27. The van der Waals surface area contributed by atoms with Crippen LogP contribution in [-0.4, -0.2) is 43.4 Å². The summed E-state index contributed by atoms with van der Waals surface area (Å²) in [6.45, 7) is 13.1. The summed E-state index contributed by atoms with van der Waals surface area (Å²) in [7, 11) is 1.65. The van der Waals surface area contributed by atoms with E-state index in [-0.39, 0.29) is 24.0 Å². The zero-order chi connectivity index (χ0) is 20.5. The normalized spacial score (nSPS) is 11.9. The van der Waals surface area contributed by atoms with Gasteiger partial charge in [0.15, 0.2) is 5.96 Å². The van der Waals surface area contributed by atoms with E-state index in [4.69, 9.17) is 9.47 Å². The molecule has 0 aromatic heterocycles. The zero-order valence-corrected chi connectivity index (χ0v) is 20.3. The van der Waals surface area contributed by atoms with Crippen LogP contribution in [0.3, 0.4) is 0 Å². The van der Waals surface area contributed by atoms with Crippen LogP contribution in [-0.2, 0) is 11.3 Å². The number of rotatable bonds is 7. The van der Waals surface area contributed by atoms with E-state index < -0.39 is 17.2 Å². The van der Waals surface area contributed by atoms with Gasteiger partial charge in [-0.05, 0) is 47.6 Å². The summed E-state index contributed by atoms with van der Waals surface area (Å²) in [5.74, 6) is 1.48. The van der Waals surface area contributed by atoms with Crippen molar-refractivity contribution < 1.29 is 14.3 Å². The summed E-state index contributed by atoms with van der Waals surface area (Å²) < 4.78 is 10.7. The first-order valence-electron chi connectivity index (χ1n) is 9.21. The van der Waals surface area contributed by atoms with Gasteiger partial charge in [-0.15, -0.1) is 24.0 Å². The average Bonchev–Trinajstić information content (AvgIpc) is 2.55. The number of carbonyl (C=O) groups is 1. The predicted molar refractivity (Wildman–Crippen MR) is 125 cm³/mol. The third-order valence-electron chi connectivity index (χ3n) is 3.48. The lowest BCUT2D eigenvalue weighted by molar-refractivity contribution is 0.0474. The highest BCUT2D eigenvalue weighted by atomic mass is 127. The molecule has 0 aliphatic carbocycles. The molecule has 1 aromatic rings. The first-order valence-corrected chi connectivity index (χ1v) is 9.21. The van der Waals surface area contributed by atoms with Gasteiger partial charge < -0.3 is 25.4 Å². The Balaban J connectivity index is 0.00000729. The van der Waals surface area contributed by atoms with Crippen LogP contribution in [0.5, 0.6) is 5.75 Å². The quantitative estimate of drug-likeness (QED) is 0.299. The van der Waals surface area contributed by atoms with Crippen molar-refractivity contribution in [3.05, 3.63) is 29.8 Å². The van der Waals surface area contributed by atoms with Crippen molar-refractivity contribution in [2.24, 2.45) is 4.99 Å². The van der Waals surface area contributed by atoms with Crippen molar-refractivity contribution in [3.63, 3.8) is 0 Å². The number of methoxy groups -OCH3 is 1. The largest absolute Gasteiger partial charge is 0.496 e. The number of halogens is 1. The molecule has 0 unspecified atom stereocenters. The number of hydrogen-bond donors (Lipinski definition) is 3. The monoisotopic (exact) mass is 506 g/mol. The highest BCUT2D eigenvalue weighted by Crippen LogP contribution is 2.17. The molecule has 160 valence electrons. The van der Waals surface area contributed by atoms with Gasteiger partial charge in [0.25, 0.3) is 0 Å². The van der Waals surface area contributed by atoms with Crippen LogP contribution in [0.15, 0.2) is 29.3 Å². The van der Waals surface area contributed by atoms with Gasteiger partial charge in [-0.3, -0.25) is 0 Å². The van der Waals surface area contributed by atoms with Gasteiger partial charge >= 0.3 is 6.09 Å². The molecule has 0 aliphatic rings. The van der Waals surface area contributed by atoms with E-state index in [9.17, 15) is 4.79 Å². The molecule has 0 radical (unpaired) electrons. The molecule has 0 fully saturated rings. The Kier molecular flexibility index (Phi) is 11.2. The number of benzene rings is 1. The second kappa shape index (κ2) is 12.0. The molecule has 1 aromatic carbocycles. The van der Waals surface area contributed by atoms with Crippen molar-refractivity contribution in [1.82, 2.24) is 16.0 Å². The number of nitrogens with zero attached hydrogens (tertiary/aromatic N) is 1. The number of nitrogens with one attached hydrogen (secondary N) is 3. The molecule has 1 amide bonds. The fraction of sp³-hybridized carbons (Fsp3) is 0.600. The molecule has 0 aliphatic heterocycles. The minimum absolute atomic E-state index is 0. The van der Waals surface area contributed by atoms with Gasteiger partial charge in [0.2, 0.25) is 0 Å². The smallest absolute Gasteiger partial charge is 0.408 e.